The monoisotopic (exact) mass is 265 g/mol. The molecule has 1 heterocycles. The highest BCUT2D eigenvalue weighted by Crippen LogP contribution is 2.06. The lowest BCUT2D eigenvalue weighted by Crippen LogP contribution is -2.46. The van der Waals surface area contributed by atoms with Crippen molar-refractivity contribution in [3.8, 4) is 0 Å². The van der Waals surface area contributed by atoms with Gasteiger partial charge >= 0.3 is 0 Å². The van der Waals surface area contributed by atoms with Gasteiger partial charge in [0.1, 0.15) is 11.7 Å². The molecule has 0 saturated heterocycles. The van der Waals surface area contributed by atoms with Crippen molar-refractivity contribution in [3.63, 3.8) is 0 Å². The van der Waals surface area contributed by atoms with Gasteiger partial charge in [-0.15, -0.1) is 0 Å². The third kappa shape index (κ3) is 4.55. The second-order valence-electron chi connectivity index (χ2n) is 4.43. The molecule has 104 valence electrons. The fraction of sp³-hybridized carbons (Fsp3) is 0.417. The summed E-state index contributed by atoms with van der Waals surface area (Å²) in [6.07, 6.45) is 1.46. The Bertz CT molecular complexity index is 461. The number of hydrogen-bond acceptors (Lipinski definition) is 5. The van der Waals surface area contributed by atoms with Crippen LogP contribution in [-0.4, -0.2) is 28.9 Å². The van der Waals surface area contributed by atoms with Crippen LogP contribution in [0.25, 0.3) is 0 Å². The second-order valence-corrected chi connectivity index (χ2v) is 4.43. The van der Waals surface area contributed by atoms with Crippen LogP contribution in [0, 0.1) is 0 Å². The van der Waals surface area contributed by atoms with E-state index in [1.165, 1.54) is 12.3 Å². The van der Waals surface area contributed by atoms with E-state index in [-0.39, 0.29) is 17.6 Å². The van der Waals surface area contributed by atoms with Crippen molar-refractivity contribution in [1.29, 1.82) is 0 Å². The smallest absolute Gasteiger partial charge is 0.270 e. The number of amides is 2. The van der Waals surface area contributed by atoms with E-state index in [0.717, 1.165) is 0 Å². The highest BCUT2D eigenvalue weighted by Gasteiger charge is 2.17. The predicted molar refractivity (Wildman–Crippen MR) is 72.3 cm³/mol. The summed E-state index contributed by atoms with van der Waals surface area (Å²) in [5.41, 5.74) is 3.19. The standard InChI is InChI=1S/C12H19N5O2/c1-7(2)15-11(18)8(3)16-12(19)10-6-9(17-13)4-5-14-10/h4-8H,13H2,1-3H3,(H,14,17)(H,15,18)(H,16,19). The number of nitrogens with two attached hydrogens (primary N) is 1. The van der Waals surface area contributed by atoms with Crippen LogP contribution in [0.5, 0.6) is 0 Å². The van der Waals surface area contributed by atoms with E-state index in [2.05, 4.69) is 21.0 Å². The highest BCUT2D eigenvalue weighted by atomic mass is 16.2. The van der Waals surface area contributed by atoms with Gasteiger partial charge in [0, 0.05) is 12.2 Å². The van der Waals surface area contributed by atoms with Crippen LogP contribution in [0.1, 0.15) is 31.3 Å². The topological polar surface area (TPSA) is 109 Å². The summed E-state index contributed by atoms with van der Waals surface area (Å²) < 4.78 is 0. The molecule has 1 aromatic rings. The van der Waals surface area contributed by atoms with E-state index in [4.69, 9.17) is 5.84 Å². The molecule has 1 aromatic heterocycles. The van der Waals surface area contributed by atoms with Crippen molar-refractivity contribution in [2.24, 2.45) is 5.84 Å². The average Bonchev–Trinajstić information content (AvgIpc) is 2.37. The van der Waals surface area contributed by atoms with E-state index in [1.54, 1.807) is 13.0 Å². The molecule has 1 unspecified atom stereocenters. The zero-order chi connectivity index (χ0) is 14.4. The van der Waals surface area contributed by atoms with Crippen LogP contribution in [0.15, 0.2) is 18.3 Å². The van der Waals surface area contributed by atoms with Gasteiger partial charge in [0.15, 0.2) is 0 Å². The Balaban J connectivity index is 2.65. The number of aromatic nitrogens is 1. The van der Waals surface area contributed by atoms with E-state index < -0.39 is 11.9 Å². The van der Waals surface area contributed by atoms with Gasteiger partial charge in [0.25, 0.3) is 5.91 Å². The Morgan fingerprint density at radius 1 is 1.26 bits per heavy atom. The minimum atomic E-state index is -0.633. The van der Waals surface area contributed by atoms with E-state index in [1.807, 2.05) is 13.8 Å². The van der Waals surface area contributed by atoms with Gasteiger partial charge in [-0.25, -0.2) is 0 Å². The zero-order valence-corrected chi connectivity index (χ0v) is 11.2. The summed E-state index contributed by atoms with van der Waals surface area (Å²) in [5, 5.41) is 5.29. The number of carbonyl (C=O) groups excluding carboxylic acids is 2. The first-order valence-corrected chi connectivity index (χ1v) is 5.98. The Hall–Kier alpha value is -2.15. The van der Waals surface area contributed by atoms with Crippen molar-refractivity contribution in [2.75, 3.05) is 5.43 Å². The number of carbonyl (C=O) groups is 2. The molecule has 0 saturated carbocycles. The van der Waals surface area contributed by atoms with Crippen LogP contribution >= 0.6 is 0 Å². The third-order valence-corrected chi connectivity index (χ3v) is 2.33. The SMILES string of the molecule is CC(C)NC(=O)C(C)NC(=O)c1cc(NN)ccn1. The van der Waals surface area contributed by atoms with Crippen LogP contribution in [0.2, 0.25) is 0 Å². The summed E-state index contributed by atoms with van der Waals surface area (Å²) in [6.45, 7) is 5.31. The van der Waals surface area contributed by atoms with Crippen LogP contribution in [-0.2, 0) is 4.79 Å². The van der Waals surface area contributed by atoms with Gasteiger partial charge < -0.3 is 16.1 Å². The van der Waals surface area contributed by atoms with Gasteiger partial charge in [0.2, 0.25) is 5.91 Å². The first-order valence-electron chi connectivity index (χ1n) is 5.98. The summed E-state index contributed by atoms with van der Waals surface area (Å²) >= 11 is 0. The Morgan fingerprint density at radius 3 is 2.53 bits per heavy atom. The number of pyridine rings is 1. The largest absolute Gasteiger partial charge is 0.352 e. The molecule has 0 aliphatic heterocycles. The van der Waals surface area contributed by atoms with Crippen LogP contribution in [0.4, 0.5) is 5.69 Å². The predicted octanol–water partition coefficient (Wildman–Crippen LogP) is 0.0101. The molecule has 1 atom stereocenters. The van der Waals surface area contributed by atoms with E-state index >= 15 is 0 Å². The normalized spacial score (nSPS) is 11.8. The number of nitrogens with zero attached hydrogens (tertiary/aromatic N) is 1. The summed E-state index contributed by atoms with van der Waals surface area (Å²) in [5.74, 6) is 4.58. The Labute approximate surface area is 111 Å². The molecule has 0 spiro atoms. The van der Waals surface area contributed by atoms with Crippen LogP contribution < -0.4 is 21.9 Å². The Morgan fingerprint density at radius 2 is 1.95 bits per heavy atom. The molecular weight excluding hydrogens is 246 g/mol. The number of hydrogen-bond donors (Lipinski definition) is 4. The number of hydrazine groups is 1. The average molecular weight is 265 g/mol. The molecule has 7 nitrogen and oxygen atoms in total. The van der Waals surface area contributed by atoms with E-state index in [9.17, 15) is 9.59 Å². The second kappa shape index (κ2) is 6.69. The highest BCUT2D eigenvalue weighted by molar-refractivity contribution is 5.96. The molecule has 0 radical (unpaired) electrons. The van der Waals surface area contributed by atoms with Crippen molar-refractivity contribution < 1.29 is 9.59 Å². The molecule has 0 aliphatic carbocycles. The third-order valence-electron chi connectivity index (χ3n) is 2.33. The Kier molecular flexibility index (Phi) is 5.25. The fourth-order valence-electron chi connectivity index (χ4n) is 1.39. The van der Waals surface area contributed by atoms with Crippen molar-refractivity contribution in [3.05, 3.63) is 24.0 Å². The fourth-order valence-corrected chi connectivity index (χ4v) is 1.39. The van der Waals surface area contributed by atoms with Crippen molar-refractivity contribution in [2.45, 2.75) is 32.9 Å². The van der Waals surface area contributed by atoms with E-state index in [0.29, 0.717) is 5.69 Å². The molecule has 0 aliphatic rings. The first-order chi connectivity index (χ1) is 8.93. The molecule has 7 heteroatoms. The van der Waals surface area contributed by atoms with Gasteiger partial charge in [-0.1, -0.05) is 0 Å². The lowest BCUT2D eigenvalue weighted by atomic mass is 10.2. The minimum Gasteiger partial charge on any atom is -0.352 e. The lowest BCUT2D eigenvalue weighted by Gasteiger charge is -2.15. The van der Waals surface area contributed by atoms with Gasteiger partial charge in [-0.05, 0) is 32.9 Å². The molecule has 0 bridgehead atoms. The quantitative estimate of drug-likeness (QED) is 0.443. The maximum atomic E-state index is 11.9. The van der Waals surface area contributed by atoms with Gasteiger partial charge in [-0.3, -0.25) is 20.4 Å². The first kappa shape index (κ1) is 14.9. The molecule has 0 fully saturated rings. The summed E-state index contributed by atoms with van der Waals surface area (Å²) in [6, 6.07) is 2.52. The number of anilines is 1. The van der Waals surface area contributed by atoms with Crippen molar-refractivity contribution >= 4 is 17.5 Å². The van der Waals surface area contributed by atoms with Gasteiger partial charge in [-0.2, -0.15) is 0 Å². The molecule has 5 N–H and O–H groups in total. The summed E-state index contributed by atoms with van der Waals surface area (Å²) in [7, 11) is 0. The number of rotatable bonds is 5. The molecule has 19 heavy (non-hydrogen) atoms. The zero-order valence-electron chi connectivity index (χ0n) is 11.2. The van der Waals surface area contributed by atoms with Gasteiger partial charge in [0.05, 0.1) is 5.69 Å². The molecule has 1 rings (SSSR count). The summed E-state index contributed by atoms with van der Waals surface area (Å²) in [4.78, 5) is 27.5. The minimum absolute atomic E-state index is 0.0229. The molecule has 2 amide bonds. The van der Waals surface area contributed by atoms with Crippen LogP contribution in [0.3, 0.4) is 0 Å². The molecular formula is C12H19N5O2. The lowest BCUT2D eigenvalue weighted by molar-refractivity contribution is -0.123. The molecule has 0 aromatic carbocycles. The maximum absolute atomic E-state index is 11.9. The number of nitrogens with one attached hydrogen (secondary N) is 3. The maximum Gasteiger partial charge on any atom is 0.270 e. The number of nitrogen functional groups attached to an aromatic ring is 1. The van der Waals surface area contributed by atoms with Crippen molar-refractivity contribution in [1.82, 2.24) is 15.6 Å².